The summed E-state index contributed by atoms with van der Waals surface area (Å²) < 4.78 is 4.51. The third-order valence-electron chi connectivity index (χ3n) is 1.52. The first kappa shape index (κ1) is 14.0. The number of cyclic esters (lactones) is 1. The number of esters is 1. The molecule has 0 unspecified atom stereocenters. The van der Waals surface area contributed by atoms with E-state index in [9.17, 15) is 4.79 Å². The molecule has 15 heavy (non-hydrogen) atoms. The average Bonchev–Trinajstić information content (AvgIpc) is 2.74. The Morgan fingerprint density at radius 1 is 1.20 bits per heavy atom. The van der Waals surface area contributed by atoms with Gasteiger partial charge in [0.1, 0.15) is 0 Å². The quantitative estimate of drug-likeness (QED) is 0.633. The number of hydrogen-bond acceptors (Lipinski definition) is 2. The summed E-state index contributed by atoms with van der Waals surface area (Å²) in [5, 5.41) is 0.794. The van der Waals surface area contributed by atoms with Crippen molar-refractivity contribution in [2.45, 2.75) is 26.7 Å². The Bertz CT molecular complexity index is 252. The van der Waals surface area contributed by atoms with Crippen LogP contribution in [0.3, 0.4) is 0 Å². The van der Waals surface area contributed by atoms with Crippen molar-refractivity contribution in [1.29, 1.82) is 0 Å². The molecular formula is C12H17ClO2. The number of carbonyl (C=O) groups is 1. The second kappa shape index (κ2) is 9.53. The minimum absolute atomic E-state index is 0.0463. The molecule has 1 aromatic carbocycles. The summed E-state index contributed by atoms with van der Waals surface area (Å²) in [6.45, 7) is 4.64. The molecular weight excluding hydrogens is 212 g/mol. The first-order chi connectivity index (χ1) is 7.29. The second-order valence-electron chi connectivity index (χ2n) is 2.62. The standard InChI is InChI=1S/C6H5Cl.C4H6O2.C2H6/c7-6-4-2-1-3-5-6;5-4-2-1-3-6-4;1-2/h1-5H;1-3H2;1-2H3. The number of carbonyl (C=O) groups excluding carboxylic acids is 1. The predicted molar refractivity (Wildman–Crippen MR) is 63.0 cm³/mol. The van der Waals surface area contributed by atoms with Gasteiger partial charge in [-0.1, -0.05) is 43.6 Å². The molecule has 1 aliphatic rings. The molecule has 2 nitrogen and oxygen atoms in total. The van der Waals surface area contributed by atoms with E-state index in [1.807, 2.05) is 44.2 Å². The molecule has 84 valence electrons. The molecule has 0 aliphatic carbocycles. The van der Waals surface area contributed by atoms with Gasteiger partial charge >= 0.3 is 5.97 Å². The van der Waals surface area contributed by atoms with Gasteiger partial charge in [0.25, 0.3) is 0 Å². The van der Waals surface area contributed by atoms with E-state index in [0.717, 1.165) is 11.4 Å². The van der Waals surface area contributed by atoms with E-state index in [1.165, 1.54) is 0 Å². The third-order valence-corrected chi connectivity index (χ3v) is 1.77. The van der Waals surface area contributed by atoms with E-state index < -0.39 is 0 Å². The van der Waals surface area contributed by atoms with Crippen LogP contribution < -0.4 is 0 Å². The molecule has 0 aromatic heterocycles. The van der Waals surface area contributed by atoms with Crippen LogP contribution in [-0.2, 0) is 9.53 Å². The highest BCUT2D eigenvalue weighted by Crippen LogP contribution is 2.03. The molecule has 3 heteroatoms. The molecule has 1 fully saturated rings. The van der Waals surface area contributed by atoms with Crippen molar-refractivity contribution in [3.05, 3.63) is 35.4 Å². The van der Waals surface area contributed by atoms with Crippen LogP contribution in [0, 0.1) is 0 Å². The molecule has 0 amide bonds. The van der Waals surface area contributed by atoms with Gasteiger partial charge in [0.2, 0.25) is 0 Å². The number of hydrogen-bond donors (Lipinski definition) is 0. The highest BCUT2D eigenvalue weighted by Gasteiger charge is 2.08. The van der Waals surface area contributed by atoms with Gasteiger partial charge in [-0.2, -0.15) is 0 Å². The van der Waals surface area contributed by atoms with E-state index in [2.05, 4.69) is 4.74 Å². The van der Waals surface area contributed by atoms with Gasteiger partial charge in [0, 0.05) is 11.4 Å². The summed E-state index contributed by atoms with van der Waals surface area (Å²) in [4.78, 5) is 10.0. The first-order valence-electron chi connectivity index (χ1n) is 5.15. The number of halogens is 1. The van der Waals surface area contributed by atoms with Crippen LogP contribution in [-0.4, -0.2) is 12.6 Å². The molecule has 2 rings (SSSR count). The van der Waals surface area contributed by atoms with Crippen molar-refractivity contribution < 1.29 is 9.53 Å². The highest BCUT2D eigenvalue weighted by atomic mass is 35.5. The molecule has 1 aromatic rings. The summed E-state index contributed by atoms with van der Waals surface area (Å²) in [6.07, 6.45) is 1.54. The maximum absolute atomic E-state index is 10.0. The normalized spacial score (nSPS) is 12.9. The molecule has 0 N–H and O–H groups in total. The Balaban J connectivity index is 0.000000227. The summed E-state index contributed by atoms with van der Waals surface area (Å²) in [6, 6.07) is 9.44. The van der Waals surface area contributed by atoms with Crippen LogP contribution >= 0.6 is 11.6 Å². The fraction of sp³-hybridized carbons (Fsp3) is 0.417. The minimum atomic E-state index is -0.0463. The van der Waals surface area contributed by atoms with Crippen LogP contribution in [0.4, 0.5) is 0 Å². The van der Waals surface area contributed by atoms with Crippen molar-refractivity contribution in [2.75, 3.05) is 6.61 Å². The van der Waals surface area contributed by atoms with E-state index in [1.54, 1.807) is 0 Å². The van der Waals surface area contributed by atoms with Gasteiger partial charge in [0.15, 0.2) is 0 Å². The lowest BCUT2D eigenvalue weighted by atomic mass is 10.4. The number of benzene rings is 1. The van der Waals surface area contributed by atoms with Gasteiger partial charge in [0.05, 0.1) is 6.61 Å². The lowest BCUT2D eigenvalue weighted by molar-refractivity contribution is -0.137. The van der Waals surface area contributed by atoms with Crippen LogP contribution in [0.25, 0.3) is 0 Å². The van der Waals surface area contributed by atoms with Crippen molar-refractivity contribution in [1.82, 2.24) is 0 Å². The van der Waals surface area contributed by atoms with Crippen LogP contribution in [0.15, 0.2) is 30.3 Å². The zero-order valence-corrected chi connectivity index (χ0v) is 9.96. The monoisotopic (exact) mass is 228 g/mol. The Morgan fingerprint density at radius 3 is 2.00 bits per heavy atom. The van der Waals surface area contributed by atoms with Gasteiger partial charge in [-0.05, 0) is 18.6 Å². The van der Waals surface area contributed by atoms with Crippen molar-refractivity contribution in [2.24, 2.45) is 0 Å². The topological polar surface area (TPSA) is 26.3 Å². The van der Waals surface area contributed by atoms with Crippen LogP contribution in [0.1, 0.15) is 26.7 Å². The summed E-state index contributed by atoms with van der Waals surface area (Å²) >= 11 is 5.54. The summed E-state index contributed by atoms with van der Waals surface area (Å²) in [5.41, 5.74) is 0. The van der Waals surface area contributed by atoms with Gasteiger partial charge < -0.3 is 4.74 Å². The maximum Gasteiger partial charge on any atom is 0.305 e. The lowest BCUT2D eigenvalue weighted by Crippen LogP contribution is -1.88. The predicted octanol–water partition coefficient (Wildman–Crippen LogP) is 3.69. The Labute approximate surface area is 96.2 Å². The first-order valence-corrected chi connectivity index (χ1v) is 5.53. The van der Waals surface area contributed by atoms with Crippen molar-refractivity contribution >= 4 is 17.6 Å². The molecule has 1 heterocycles. The zero-order valence-electron chi connectivity index (χ0n) is 9.20. The van der Waals surface area contributed by atoms with E-state index in [-0.39, 0.29) is 5.97 Å². The number of rotatable bonds is 0. The minimum Gasteiger partial charge on any atom is -0.466 e. The van der Waals surface area contributed by atoms with Crippen LogP contribution in [0.2, 0.25) is 5.02 Å². The van der Waals surface area contributed by atoms with Crippen molar-refractivity contribution in [3.63, 3.8) is 0 Å². The highest BCUT2D eigenvalue weighted by molar-refractivity contribution is 6.30. The molecule has 0 bridgehead atoms. The molecule has 0 spiro atoms. The SMILES string of the molecule is CC.Clc1ccccc1.O=C1CCCO1. The summed E-state index contributed by atoms with van der Waals surface area (Å²) in [7, 11) is 0. The van der Waals surface area contributed by atoms with Crippen LogP contribution in [0.5, 0.6) is 0 Å². The molecule has 0 atom stereocenters. The number of ether oxygens (including phenoxy) is 1. The molecule has 1 aliphatic heterocycles. The zero-order chi connectivity index (χ0) is 11.5. The van der Waals surface area contributed by atoms with E-state index >= 15 is 0 Å². The maximum atomic E-state index is 10.0. The summed E-state index contributed by atoms with van der Waals surface area (Å²) in [5.74, 6) is -0.0463. The van der Waals surface area contributed by atoms with E-state index in [4.69, 9.17) is 11.6 Å². The average molecular weight is 229 g/mol. The van der Waals surface area contributed by atoms with Gasteiger partial charge in [-0.25, -0.2) is 0 Å². The fourth-order valence-corrected chi connectivity index (χ4v) is 1.03. The fourth-order valence-electron chi connectivity index (χ4n) is 0.889. The third kappa shape index (κ3) is 8.01. The van der Waals surface area contributed by atoms with Gasteiger partial charge in [-0.15, -0.1) is 0 Å². The van der Waals surface area contributed by atoms with E-state index in [0.29, 0.717) is 13.0 Å². The smallest absolute Gasteiger partial charge is 0.305 e. The Morgan fingerprint density at radius 2 is 1.80 bits per heavy atom. The second-order valence-corrected chi connectivity index (χ2v) is 3.06. The molecule has 1 saturated heterocycles. The lowest BCUT2D eigenvalue weighted by Gasteiger charge is -1.81. The Hall–Kier alpha value is -1.02. The molecule has 0 saturated carbocycles. The van der Waals surface area contributed by atoms with Gasteiger partial charge in [-0.3, -0.25) is 4.79 Å². The Kier molecular flexibility index (Phi) is 8.88. The largest absolute Gasteiger partial charge is 0.466 e. The van der Waals surface area contributed by atoms with Crippen molar-refractivity contribution in [3.8, 4) is 0 Å². The molecule has 0 radical (unpaired) electrons.